The summed E-state index contributed by atoms with van der Waals surface area (Å²) in [5.74, 6) is -0.908. The normalized spacial score (nSPS) is 15.4. The van der Waals surface area contributed by atoms with Crippen molar-refractivity contribution in [2.45, 2.75) is 31.2 Å². The van der Waals surface area contributed by atoms with Gasteiger partial charge >= 0.3 is 0 Å². The Morgan fingerprint density at radius 2 is 1.68 bits per heavy atom. The number of nitrogens with zero attached hydrogens (tertiary/aromatic N) is 1. The molecule has 0 unspecified atom stereocenters. The van der Waals surface area contributed by atoms with E-state index in [0.717, 1.165) is 12.8 Å². The fourth-order valence-corrected chi connectivity index (χ4v) is 3.70. The minimum Gasteiger partial charge on any atom is -0.350 e. The summed E-state index contributed by atoms with van der Waals surface area (Å²) < 4.78 is 13.0. The average molecular weight is 383 g/mol. The second-order valence-electron chi connectivity index (χ2n) is 7.55. The first-order chi connectivity index (χ1) is 13.4. The van der Waals surface area contributed by atoms with Crippen LogP contribution in [0.3, 0.4) is 0 Å². The molecule has 0 saturated heterocycles. The molecule has 1 fully saturated rings. The monoisotopic (exact) mass is 383 g/mol. The van der Waals surface area contributed by atoms with E-state index >= 15 is 0 Å². The second-order valence-corrected chi connectivity index (χ2v) is 7.55. The predicted molar refractivity (Wildman–Crippen MR) is 108 cm³/mol. The Labute approximate surface area is 164 Å². The van der Waals surface area contributed by atoms with E-state index in [-0.39, 0.29) is 17.4 Å². The van der Waals surface area contributed by atoms with E-state index in [2.05, 4.69) is 29.6 Å². The number of rotatable bonds is 6. The molecule has 1 saturated carbocycles. The first kappa shape index (κ1) is 20.0. The highest BCUT2D eigenvalue weighted by Crippen LogP contribution is 2.33. The lowest BCUT2D eigenvalue weighted by Crippen LogP contribution is -2.50. The molecule has 28 heavy (non-hydrogen) atoms. The number of carbonyl (C=O) groups is 2. The molecule has 0 aromatic heterocycles. The van der Waals surface area contributed by atoms with Crippen molar-refractivity contribution in [2.75, 3.05) is 26.0 Å². The van der Waals surface area contributed by atoms with Gasteiger partial charge in [0.1, 0.15) is 5.82 Å². The summed E-state index contributed by atoms with van der Waals surface area (Å²) in [4.78, 5) is 27.1. The van der Waals surface area contributed by atoms with E-state index in [4.69, 9.17) is 0 Å². The molecular weight excluding hydrogens is 357 g/mol. The molecule has 2 N–H and O–H groups in total. The third kappa shape index (κ3) is 4.57. The fraction of sp³-hybridized carbons (Fsp3) is 0.364. The molecular formula is C22H26FN3O2. The van der Waals surface area contributed by atoms with Crippen molar-refractivity contribution in [3.05, 3.63) is 65.5 Å². The van der Waals surface area contributed by atoms with Crippen LogP contribution < -0.4 is 10.6 Å². The summed E-state index contributed by atoms with van der Waals surface area (Å²) >= 11 is 0. The van der Waals surface area contributed by atoms with Crippen molar-refractivity contribution in [1.29, 1.82) is 0 Å². The number of likely N-dealkylation sites (N-methyl/N-ethyl adjacent to an activating group) is 1. The molecule has 5 nitrogen and oxygen atoms in total. The summed E-state index contributed by atoms with van der Waals surface area (Å²) in [6, 6.07) is 12.1. The standard InChI is InChI=1S/C22H26FN3O2/c1-26(2)22(12-3-4-13-22)15-24-20(27)17-6-5-7-19(14-17)25-21(28)16-8-10-18(23)11-9-16/h5-11,14H,3-4,12-13,15H2,1-2H3,(H,24,27)(H,25,28). The van der Waals surface area contributed by atoms with Gasteiger partial charge in [-0.25, -0.2) is 4.39 Å². The first-order valence-electron chi connectivity index (χ1n) is 9.52. The Morgan fingerprint density at radius 1 is 1.00 bits per heavy atom. The van der Waals surface area contributed by atoms with Gasteiger partial charge in [-0.05, 0) is 69.4 Å². The van der Waals surface area contributed by atoms with E-state index in [9.17, 15) is 14.0 Å². The van der Waals surface area contributed by atoms with Crippen LogP contribution in [0, 0.1) is 5.82 Å². The highest BCUT2D eigenvalue weighted by molar-refractivity contribution is 6.05. The lowest BCUT2D eigenvalue weighted by atomic mass is 9.96. The fourth-order valence-electron chi connectivity index (χ4n) is 3.70. The van der Waals surface area contributed by atoms with Crippen molar-refractivity contribution < 1.29 is 14.0 Å². The van der Waals surface area contributed by atoms with E-state index < -0.39 is 5.82 Å². The van der Waals surface area contributed by atoms with Crippen LogP contribution in [0.15, 0.2) is 48.5 Å². The van der Waals surface area contributed by atoms with Crippen LogP contribution in [0.25, 0.3) is 0 Å². The number of hydrogen-bond donors (Lipinski definition) is 2. The molecule has 0 atom stereocenters. The van der Waals surface area contributed by atoms with Gasteiger partial charge in [-0.3, -0.25) is 9.59 Å². The maximum atomic E-state index is 13.0. The number of hydrogen-bond acceptors (Lipinski definition) is 3. The van der Waals surface area contributed by atoms with Crippen LogP contribution >= 0.6 is 0 Å². The zero-order valence-electron chi connectivity index (χ0n) is 16.3. The van der Waals surface area contributed by atoms with Crippen LogP contribution in [0.5, 0.6) is 0 Å². The predicted octanol–water partition coefficient (Wildman–Crippen LogP) is 3.68. The number of nitrogens with one attached hydrogen (secondary N) is 2. The van der Waals surface area contributed by atoms with Crippen molar-refractivity contribution in [3.63, 3.8) is 0 Å². The minimum absolute atomic E-state index is 0.0179. The summed E-state index contributed by atoms with van der Waals surface area (Å²) in [7, 11) is 4.12. The van der Waals surface area contributed by atoms with Crippen LogP contribution in [-0.4, -0.2) is 42.9 Å². The van der Waals surface area contributed by atoms with Gasteiger partial charge in [-0.2, -0.15) is 0 Å². The van der Waals surface area contributed by atoms with Crippen molar-refractivity contribution in [2.24, 2.45) is 0 Å². The minimum atomic E-state index is -0.395. The average Bonchev–Trinajstić information content (AvgIpc) is 3.17. The molecule has 1 aliphatic rings. The van der Waals surface area contributed by atoms with Crippen LogP contribution in [0.1, 0.15) is 46.4 Å². The molecule has 0 bridgehead atoms. The highest BCUT2D eigenvalue weighted by atomic mass is 19.1. The third-order valence-corrected chi connectivity index (χ3v) is 5.55. The maximum Gasteiger partial charge on any atom is 0.255 e. The Balaban J connectivity index is 1.64. The zero-order chi connectivity index (χ0) is 20.1. The molecule has 3 rings (SSSR count). The lowest BCUT2D eigenvalue weighted by Gasteiger charge is -2.36. The first-order valence-corrected chi connectivity index (χ1v) is 9.52. The summed E-state index contributed by atoms with van der Waals surface area (Å²) in [6.45, 7) is 0.602. The van der Waals surface area contributed by atoms with E-state index in [0.29, 0.717) is 23.4 Å². The lowest BCUT2D eigenvalue weighted by molar-refractivity contribution is 0.0899. The van der Waals surface area contributed by atoms with E-state index in [1.807, 2.05) is 0 Å². The third-order valence-electron chi connectivity index (χ3n) is 5.55. The van der Waals surface area contributed by atoms with Gasteiger partial charge in [0, 0.05) is 28.9 Å². The SMILES string of the molecule is CN(C)C1(CNC(=O)c2cccc(NC(=O)c3ccc(F)cc3)c2)CCCC1. The van der Waals surface area contributed by atoms with Crippen LogP contribution in [0.4, 0.5) is 10.1 Å². The van der Waals surface area contributed by atoms with Crippen molar-refractivity contribution in [3.8, 4) is 0 Å². The Hall–Kier alpha value is -2.73. The van der Waals surface area contributed by atoms with E-state index in [1.54, 1.807) is 24.3 Å². The van der Waals surface area contributed by atoms with Crippen LogP contribution in [0.2, 0.25) is 0 Å². The van der Waals surface area contributed by atoms with Crippen molar-refractivity contribution in [1.82, 2.24) is 10.2 Å². The molecule has 0 radical (unpaired) electrons. The largest absolute Gasteiger partial charge is 0.350 e. The maximum absolute atomic E-state index is 13.0. The van der Waals surface area contributed by atoms with Crippen LogP contribution in [-0.2, 0) is 0 Å². The summed E-state index contributed by atoms with van der Waals surface area (Å²) in [6.07, 6.45) is 4.51. The van der Waals surface area contributed by atoms with Gasteiger partial charge in [0.25, 0.3) is 11.8 Å². The Bertz CT molecular complexity index is 843. The molecule has 0 heterocycles. The number of benzene rings is 2. The molecule has 148 valence electrons. The Kier molecular flexibility index (Phi) is 6.09. The smallest absolute Gasteiger partial charge is 0.255 e. The summed E-state index contributed by atoms with van der Waals surface area (Å²) in [5, 5.41) is 5.79. The van der Waals surface area contributed by atoms with Gasteiger partial charge in [-0.15, -0.1) is 0 Å². The number of carbonyl (C=O) groups excluding carboxylic acids is 2. The molecule has 0 aliphatic heterocycles. The molecule has 0 spiro atoms. The highest BCUT2D eigenvalue weighted by Gasteiger charge is 2.36. The molecule has 2 amide bonds. The van der Waals surface area contributed by atoms with Gasteiger partial charge in [-0.1, -0.05) is 18.9 Å². The molecule has 2 aromatic carbocycles. The summed E-state index contributed by atoms with van der Waals surface area (Å²) in [5.41, 5.74) is 1.38. The van der Waals surface area contributed by atoms with Gasteiger partial charge < -0.3 is 15.5 Å². The zero-order valence-corrected chi connectivity index (χ0v) is 16.3. The number of halogens is 1. The second kappa shape index (κ2) is 8.52. The topological polar surface area (TPSA) is 61.4 Å². The van der Waals surface area contributed by atoms with E-state index in [1.165, 1.54) is 37.1 Å². The molecule has 6 heteroatoms. The number of amides is 2. The van der Waals surface area contributed by atoms with Crippen molar-refractivity contribution >= 4 is 17.5 Å². The molecule has 1 aliphatic carbocycles. The van der Waals surface area contributed by atoms with Gasteiger partial charge in [0.15, 0.2) is 0 Å². The molecule has 2 aromatic rings. The van der Waals surface area contributed by atoms with Gasteiger partial charge in [0.05, 0.1) is 0 Å². The number of anilines is 1. The van der Waals surface area contributed by atoms with Gasteiger partial charge in [0.2, 0.25) is 0 Å². The quantitative estimate of drug-likeness (QED) is 0.800. The Morgan fingerprint density at radius 3 is 2.32 bits per heavy atom.